The van der Waals surface area contributed by atoms with Gasteiger partial charge in [0.25, 0.3) is 0 Å². The molecular formula is C19H22N4O2S. The number of hydrogen-bond donors (Lipinski definition) is 0. The van der Waals surface area contributed by atoms with E-state index in [1.807, 2.05) is 11.8 Å². The molecule has 0 unspecified atom stereocenters. The lowest BCUT2D eigenvalue weighted by Crippen LogP contribution is -2.41. The molecule has 1 amide bonds. The number of nitrogens with zero attached hydrogens (tertiary/aromatic N) is 4. The number of aryl methyl sites for hydroxylation is 3. The number of carbonyl (C=O) groups excluding carboxylic acids is 1. The third kappa shape index (κ3) is 2.95. The SMILES string of the molecule is Cc1ccc2cc(C)c3nnc(SCC(=O)N4CCOCC4)n3c2c1C. The molecule has 0 radical (unpaired) electrons. The molecule has 1 aliphatic heterocycles. The Morgan fingerprint density at radius 1 is 1.15 bits per heavy atom. The highest BCUT2D eigenvalue weighted by atomic mass is 32.2. The zero-order valence-electron chi connectivity index (χ0n) is 15.3. The van der Waals surface area contributed by atoms with Crippen LogP contribution in [0.4, 0.5) is 0 Å². The number of thioether (sulfide) groups is 1. The molecule has 0 aliphatic carbocycles. The lowest BCUT2D eigenvalue weighted by molar-refractivity contribution is -0.132. The highest BCUT2D eigenvalue weighted by Gasteiger charge is 2.19. The number of aromatic nitrogens is 3. The van der Waals surface area contributed by atoms with Crippen LogP contribution < -0.4 is 0 Å². The molecule has 1 aliphatic rings. The molecule has 3 heterocycles. The van der Waals surface area contributed by atoms with Gasteiger partial charge in [-0.25, -0.2) is 0 Å². The van der Waals surface area contributed by atoms with Gasteiger partial charge in [-0.3, -0.25) is 9.20 Å². The van der Waals surface area contributed by atoms with Gasteiger partial charge in [0.05, 0.1) is 24.5 Å². The van der Waals surface area contributed by atoms with Crippen LogP contribution in [0.2, 0.25) is 0 Å². The Hall–Kier alpha value is -2.12. The van der Waals surface area contributed by atoms with E-state index in [9.17, 15) is 4.79 Å². The maximum Gasteiger partial charge on any atom is 0.233 e. The van der Waals surface area contributed by atoms with E-state index >= 15 is 0 Å². The van der Waals surface area contributed by atoms with Gasteiger partial charge in [0.2, 0.25) is 5.91 Å². The van der Waals surface area contributed by atoms with Crippen LogP contribution >= 0.6 is 11.8 Å². The minimum absolute atomic E-state index is 0.125. The van der Waals surface area contributed by atoms with Gasteiger partial charge in [0, 0.05) is 13.1 Å². The van der Waals surface area contributed by atoms with Crippen LogP contribution in [0.15, 0.2) is 23.4 Å². The Labute approximate surface area is 156 Å². The third-order valence-electron chi connectivity index (χ3n) is 5.00. The molecule has 0 spiro atoms. The first-order valence-electron chi connectivity index (χ1n) is 8.79. The predicted octanol–water partition coefficient (Wildman–Crippen LogP) is 2.76. The number of fused-ring (bicyclic) bond motifs is 3. The summed E-state index contributed by atoms with van der Waals surface area (Å²) in [6, 6.07) is 6.43. The summed E-state index contributed by atoms with van der Waals surface area (Å²) in [6.07, 6.45) is 0. The van der Waals surface area contributed by atoms with Crippen molar-refractivity contribution >= 4 is 34.2 Å². The lowest BCUT2D eigenvalue weighted by atomic mass is 10.0. The second kappa shape index (κ2) is 6.89. The quantitative estimate of drug-likeness (QED) is 0.664. The largest absolute Gasteiger partial charge is 0.378 e. The van der Waals surface area contributed by atoms with Crippen LogP contribution in [-0.2, 0) is 9.53 Å². The van der Waals surface area contributed by atoms with Crippen molar-refractivity contribution in [2.24, 2.45) is 0 Å². The van der Waals surface area contributed by atoms with E-state index in [0.717, 1.165) is 21.9 Å². The molecule has 136 valence electrons. The summed E-state index contributed by atoms with van der Waals surface area (Å²) >= 11 is 1.45. The molecule has 0 N–H and O–H groups in total. The van der Waals surface area contributed by atoms with Crippen LogP contribution in [0.5, 0.6) is 0 Å². The van der Waals surface area contributed by atoms with Crippen LogP contribution in [0.25, 0.3) is 16.6 Å². The minimum Gasteiger partial charge on any atom is -0.378 e. The Balaban J connectivity index is 1.71. The van der Waals surface area contributed by atoms with E-state index in [0.29, 0.717) is 32.1 Å². The zero-order chi connectivity index (χ0) is 18.3. The van der Waals surface area contributed by atoms with Gasteiger partial charge >= 0.3 is 0 Å². The second-order valence-corrected chi connectivity index (χ2v) is 7.64. The minimum atomic E-state index is 0.125. The van der Waals surface area contributed by atoms with E-state index in [4.69, 9.17) is 4.74 Å². The first-order valence-corrected chi connectivity index (χ1v) is 9.78. The second-order valence-electron chi connectivity index (χ2n) is 6.70. The highest BCUT2D eigenvalue weighted by Crippen LogP contribution is 2.29. The van der Waals surface area contributed by atoms with Gasteiger partial charge in [0.15, 0.2) is 10.8 Å². The number of hydrogen-bond acceptors (Lipinski definition) is 5. The molecule has 0 bridgehead atoms. The fourth-order valence-electron chi connectivity index (χ4n) is 3.38. The maximum absolute atomic E-state index is 12.5. The summed E-state index contributed by atoms with van der Waals surface area (Å²) in [7, 11) is 0. The number of benzene rings is 1. The van der Waals surface area contributed by atoms with Gasteiger partial charge in [0.1, 0.15) is 0 Å². The van der Waals surface area contributed by atoms with Crippen molar-refractivity contribution in [3.05, 3.63) is 34.9 Å². The molecule has 4 rings (SSSR count). The smallest absolute Gasteiger partial charge is 0.233 e. The molecule has 7 heteroatoms. The van der Waals surface area contributed by atoms with Crippen molar-refractivity contribution in [3.63, 3.8) is 0 Å². The molecule has 3 aromatic rings. The van der Waals surface area contributed by atoms with Crippen molar-refractivity contribution in [1.29, 1.82) is 0 Å². The molecule has 2 aromatic heterocycles. The average molecular weight is 370 g/mol. The number of morpholine rings is 1. The van der Waals surface area contributed by atoms with Gasteiger partial charge in [-0.05, 0) is 48.9 Å². The fourth-order valence-corrected chi connectivity index (χ4v) is 4.22. The van der Waals surface area contributed by atoms with E-state index in [2.05, 4.69) is 46.6 Å². The average Bonchev–Trinajstić information content (AvgIpc) is 3.08. The molecule has 1 fully saturated rings. The number of rotatable bonds is 3. The number of carbonyl (C=O) groups is 1. The van der Waals surface area contributed by atoms with Crippen LogP contribution in [-0.4, -0.2) is 57.5 Å². The summed E-state index contributed by atoms with van der Waals surface area (Å²) in [6.45, 7) is 8.85. The Kier molecular flexibility index (Phi) is 4.58. The van der Waals surface area contributed by atoms with Gasteiger partial charge in [-0.1, -0.05) is 23.9 Å². The van der Waals surface area contributed by atoms with E-state index in [1.165, 1.54) is 28.3 Å². The fraction of sp³-hybridized carbons (Fsp3) is 0.421. The predicted molar refractivity (Wildman–Crippen MR) is 103 cm³/mol. The van der Waals surface area contributed by atoms with Crippen molar-refractivity contribution in [1.82, 2.24) is 19.5 Å². The van der Waals surface area contributed by atoms with E-state index in [1.54, 1.807) is 0 Å². The third-order valence-corrected chi connectivity index (χ3v) is 5.92. The summed E-state index contributed by atoms with van der Waals surface area (Å²) in [4.78, 5) is 14.3. The van der Waals surface area contributed by atoms with Crippen LogP contribution in [0, 0.1) is 20.8 Å². The normalized spacial score (nSPS) is 15.1. The van der Waals surface area contributed by atoms with E-state index < -0.39 is 0 Å². The van der Waals surface area contributed by atoms with Crippen molar-refractivity contribution in [2.75, 3.05) is 32.1 Å². The van der Waals surface area contributed by atoms with E-state index in [-0.39, 0.29) is 5.91 Å². The Bertz CT molecular complexity index is 992. The standard InChI is InChI=1S/C19H22N4O2S/c1-12-4-5-15-10-13(2)18-20-21-19(23(18)17(15)14(12)3)26-11-16(24)22-6-8-25-9-7-22/h4-5,10H,6-9,11H2,1-3H3. The summed E-state index contributed by atoms with van der Waals surface area (Å²) in [5.41, 5.74) is 5.51. The molecule has 1 aromatic carbocycles. The summed E-state index contributed by atoms with van der Waals surface area (Å²) < 4.78 is 7.42. The molecule has 6 nitrogen and oxygen atoms in total. The molecule has 1 saturated heterocycles. The molecule has 0 saturated carbocycles. The topological polar surface area (TPSA) is 59.7 Å². The molecule has 26 heavy (non-hydrogen) atoms. The molecular weight excluding hydrogens is 348 g/mol. The number of pyridine rings is 1. The number of amides is 1. The van der Waals surface area contributed by atoms with Crippen molar-refractivity contribution < 1.29 is 9.53 Å². The Morgan fingerprint density at radius 3 is 2.69 bits per heavy atom. The number of ether oxygens (including phenoxy) is 1. The summed E-state index contributed by atoms with van der Waals surface area (Å²) in [5.74, 6) is 0.487. The first kappa shape index (κ1) is 17.3. The zero-order valence-corrected chi connectivity index (χ0v) is 16.1. The summed E-state index contributed by atoms with van der Waals surface area (Å²) in [5, 5.41) is 10.7. The first-order chi connectivity index (χ1) is 12.6. The molecule has 0 atom stereocenters. The van der Waals surface area contributed by atoms with Gasteiger partial charge < -0.3 is 9.64 Å². The highest BCUT2D eigenvalue weighted by molar-refractivity contribution is 7.99. The van der Waals surface area contributed by atoms with Crippen molar-refractivity contribution in [2.45, 2.75) is 25.9 Å². The monoisotopic (exact) mass is 370 g/mol. The van der Waals surface area contributed by atoms with Gasteiger partial charge in [-0.2, -0.15) is 0 Å². The lowest BCUT2D eigenvalue weighted by Gasteiger charge is -2.26. The Morgan fingerprint density at radius 2 is 1.92 bits per heavy atom. The van der Waals surface area contributed by atoms with Crippen molar-refractivity contribution in [3.8, 4) is 0 Å². The van der Waals surface area contributed by atoms with Crippen LogP contribution in [0.3, 0.4) is 0 Å². The van der Waals surface area contributed by atoms with Gasteiger partial charge in [-0.15, -0.1) is 10.2 Å². The maximum atomic E-state index is 12.5. The van der Waals surface area contributed by atoms with Crippen LogP contribution in [0.1, 0.15) is 16.7 Å².